The van der Waals surface area contributed by atoms with E-state index in [-0.39, 0.29) is 0 Å². The first-order valence-electron chi connectivity index (χ1n) is 6.89. The standard InChI is InChI=1S/C14H22FN5/c1-10(2)20-12(4)13(8-17-20)7-16-14-9-19(6-5-15)18-11(14)3/h8-10,16H,5-7H2,1-4H3. The molecule has 0 saturated carbocycles. The lowest BCUT2D eigenvalue weighted by molar-refractivity contribution is 0.426. The molecule has 6 heteroatoms. The number of anilines is 1. The van der Waals surface area contributed by atoms with Crippen molar-refractivity contribution in [1.29, 1.82) is 0 Å². The average Bonchev–Trinajstić information content (AvgIpc) is 2.91. The highest BCUT2D eigenvalue weighted by molar-refractivity contribution is 5.46. The van der Waals surface area contributed by atoms with Gasteiger partial charge in [-0.15, -0.1) is 0 Å². The highest BCUT2D eigenvalue weighted by Crippen LogP contribution is 2.17. The highest BCUT2D eigenvalue weighted by atomic mass is 19.1. The molecule has 0 aliphatic heterocycles. The van der Waals surface area contributed by atoms with Gasteiger partial charge < -0.3 is 5.32 Å². The van der Waals surface area contributed by atoms with E-state index in [4.69, 9.17) is 0 Å². The first-order chi connectivity index (χ1) is 9.52. The Labute approximate surface area is 118 Å². The summed E-state index contributed by atoms with van der Waals surface area (Å²) < 4.78 is 15.9. The van der Waals surface area contributed by atoms with Crippen LogP contribution in [0.15, 0.2) is 12.4 Å². The third kappa shape index (κ3) is 3.00. The minimum Gasteiger partial charge on any atom is -0.378 e. The van der Waals surface area contributed by atoms with Crippen molar-refractivity contribution in [2.75, 3.05) is 12.0 Å². The maximum Gasteiger partial charge on any atom is 0.109 e. The summed E-state index contributed by atoms with van der Waals surface area (Å²) in [7, 11) is 0. The van der Waals surface area contributed by atoms with E-state index in [2.05, 4.69) is 36.3 Å². The lowest BCUT2D eigenvalue weighted by Gasteiger charge is -2.09. The molecule has 2 aromatic heterocycles. The SMILES string of the molecule is Cc1nn(CCF)cc1NCc1cnn(C(C)C)c1C. The summed E-state index contributed by atoms with van der Waals surface area (Å²) in [6.07, 6.45) is 3.74. The maximum absolute atomic E-state index is 12.3. The number of nitrogens with zero attached hydrogens (tertiary/aromatic N) is 4. The summed E-state index contributed by atoms with van der Waals surface area (Å²) in [5.74, 6) is 0. The van der Waals surface area contributed by atoms with Crippen molar-refractivity contribution in [2.45, 2.75) is 46.8 Å². The Balaban J connectivity index is 2.05. The Morgan fingerprint density at radius 1 is 1.35 bits per heavy atom. The summed E-state index contributed by atoms with van der Waals surface area (Å²) >= 11 is 0. The third-order valence-corrected chi connectivity index (χ3v) is 3.36. The Kier molecular flexibility index (Phi) is 4.42. The van der Waals surface area contributed by atoms with Crippen molar-refractivity contribution in [3.8, 4) is 0 Å². The molecule has 2 rings (SSSR count). The summed E-state index contributed by atoms with van der Waals surface area (Å²) in [5, 5.41) is 12.0. The quantitative estimate of drug-likeness (QED) is 0.884. The van der Waals surface area contributed by atoms with E-state index in [0.717, 1.165) is 16.9 Å². The minimum atomic E-state index is -0.402. The maximum atomic E-state index is 12.3. The molecule has 0 amide bonds. The van der Waals surface area contributed by atoms with Gasteiger partial charge in [-0.05, 0) is 27.7 Å². The van der Waals surface area contributed by atoms with E-state index in [1.165, 1.54) is 5.69 Å². The fourth-order valence-electron chi connectivity index (χ4n) is 2.24. The van der Waals surface area contributed by atoms with Crippen molar-refractivity contribution in [3.05, 3.63) is 29.3 Å². The molecule has 1 N–H and O–H groups in total. The van der Waals surface area contributed by atoms with Crippen molar-refractivity contribution < 1.29 is 4.39 Å². The third-order valence-electron chi connectivity index (χ3n) is 3.36. The molecule has 0 spiro atoms. The van der Waals surface area contributed by atoms with Gasteiger partial charge in [0.05, 0.1) is 24.1 Å². The zero-order valence-corrected chi connectivity index (χ0v) is 12.5. The molecular formula is C14H22FN5. The largest absolute Gasteiger partial charge is 0.378 e. The minimum absolute atomic E-state index is 0.298. The molecule has 0 saturated heterocycles. The molecule has 0 radical (unpaired) electrons. The van der Waals surface area contributed by atoms with Crippen LogP contribution in [-0.2, 0) is 13.1 Å². The van der Waals surface area contributed by atoms with Gasteiger partial charge in [0.25, 0.3) is 0 Å². The van der Waals surface area contributed by atoms with E-state index in [1.807, 2.05) is 24.0 Å². The lowest BCUT2D eigenvalue weighted by atomic mass is 10.2. The first kappa shape index (κ1) is 14.6. The van der Waals surface area contributed by atoms with E-state index in [9.17, 15) is 4.39 Å². The normalized spacial score (nSPS) is 11.3. The molecule has 20 heavy (non-hydrogen) atoms. The molecule has 110 valence electrons. The average molecular weight is 279 g/mol. The Morgan fingerprint density at radius 3 is 2.70 bits per heavy atom. The zero-order chi connectivity index (χ0) is 14.7. The summed E-state index contributed by atoms with van der Waals surface area (Å²) in [4.78, 5) is 0. The van der Waals surface area contributed by atoms with E-state index < -0.39 is 6.67 Å². The number of aryl methyl sites for hydroxylation is 2. The van der Waals surface area contributed by atoms with Gasteiger partial charge in [-0.1, -0.05) is 0 Å². The Hall–Kier alpha value is -1.85. The second-order valence-electron chi connectivity index (χ2n) is 5.23. The van der Waals surface area contributed by atoms with Crippen molar-refractivity contribution >= 4 is 5.69 Å². The van der Waals surface area contributed by atoms with Crippen molar-refractivity contribution in [2.24, 2.45) is 0 Å². The van der Waals surface area contributed by atoms with Crippen LogP contribution in [0.1, 0.15) is 36.8 Å². The molecule has 0 bridgehead atoms. The number of aromatic nitrogens is 4. The molecule has 0 fully saturated rings. The summed E-state index contributed by atoms with van der Waals surface area (Å²) in [5.41, 5.74) is 4.15. The van der Waals surface area contributed by atoms with Crippen molar-refractivity contribution in [3.63, 3.8) is 0 Å². The Morgan fingerprint density at radius 2 is 2.10 bits per heavy atom. The number of hydrogen-bond acceptors (Lipinski definition) is 3. The molecule has 0 unspecified atom stereocenters. The van der Waals surface area contributed by atoms with Crippen LogP contribution in [0.5, 0.6) is 0 Å². The van der Waals surface area contributed by atoms with E-state index in [0.29, 0.717) is 19.1 Å². The lowest BCUT2D eigenvalue weighted by Crippen LogP contribution is -2.06. The van der Waals surface area contributed by atoms with Gasteiger partial charge in [0.15, 0.2) is 0 Å². The fraction of sp³-hybridized carbons (Fsp3) is 0.571. The molecule has 0 aromatic carbocycles. The molecular weight excluding hydrogens is 257 g/mol. The Bertz CT molecular complexity index is 570. The van der Waals surface area contributed by atoms with Crippen molar-refractivity contribution in [1.82, 2.24) is 19.6 Å². The fourth-order valence-corrected chi connectivity index (χ4v) is 2.24. The summed E-state index contributed by atoms with van der Waals surface area (Å²) in [6, 6.07) is 0.359. The highest BCUT2D eigenvalue weighted by Gasteiger charge is 2.10. The van der Waals surface area contributed by atoms with Crippen LogP contribution in [-0.4, -0.2) is 26.2 Å². The number of hydrogen-bond donors (Lipinski definition) is 1. The van der Waals surface area contributed by atoms with Crippen LogP contribution >= 0.6 is 0 Å². The van der Waals surface area contributed by atoms with Gasteiger partial charge in [0.1, 0.15) is 6.67 Å². The van der Waals surface area contributed by atoms with Crippen LogP contribution in [0, 0.1) is 13.8 Å². The first-order valence-corrected chi connectivity index (χ1v) is 6.89. The predicted molar refractivity (Wildman–Crippen MR) is 77.6 cm³/mol. The van der Waals surface area contributed by atoms with Crippen LogP contribution in [0.25, 0.3) is 0 Å². The molecule has 2 heterocycles. The van der Waals surface area contributed by atoms with Crippen LogP contribution in [0.4, 0.5) is 10.1 Å². The number of rotatable bonds is 6. The van der Waals surface area contributed by atoms with E-state index in [1.54, 1.807) is 4.68 Å². The second-order valence-corrected chi connectivity index (χ2v) is 5.23. The van der Waals surface area contributed by atoms with E-state index >= 15 is 0 Å². The zero-order valence-electron chi connectivity index (χ0n) is 12.5. The summed E-state index contributed by atoms with van der Waals surface area (Å²) in [6.45, 7) is 8.81. The van der Waals surface area contributed by atoms with Gasteiger partial charge in [-0.2, -0.15) is 10.2 Å². The number of halogens is 1. The molecule has 2 aromatic rings. The van der Waals surface area contributed by atoms with Gasteiger partial charge in [-0.3, -0.25) is 9.36 Å². The van der Waals surface area contributed by atoms with Gasteiger partial charge in [0.2, 0.25) is 0 Å². The smallest absolute Gasteiger partial charge is 0.109 e. The number of alkyl halides is 1. The van der Waals surface area contributed by atoms with Crippen LogP contribution < -0.4 is 5.32 Å². The van der Waals surface area contributed by atoms with Crippen LogP contribution in [0.3, 0.4) is 0 Å². The monoisotopic (exact) mass is 279 g/mol. The predicted octanol–water partition coefficient (Wildman–Crippen LogP) is 2.86. The van der Waals surface area contributed by atoms with Gasteiger partial charge in [-0.25, -0.2) is 4.39 Å². The molecule has 0 aliphatic carbocycles. The topological polar surface area (TPSA) is 47.7 Å². The van der Waals surface area contributed by atoms with Gasteiger partial charge >= 0.3 is 0 Å². The molecule has 0 atom stereocenters. The second kappa shape index (κ2) is 6.07. The number of nitrogens with one attached hydrogen (secondary N) is 1. The molecule has 5 nitrogen and oxygen atoms in total. The van der Waals surface area contributed by atoms with Gasteiger partial charge in [0, 0.05) is 30.0 Å². The molecule has 0 aliphatic rings. The van der Waals surface area contributed by atoms with Crippen LogP contribution in [0.2, 0.25) is 0 Å².